The molecule has 1 aromatic carbocycles. The van der Waals surface area contributed by atoms with Crippen LogP contribution in [-0.2, 0) is 6.61 Å². The summed E-state index contributed by atoms with van der Waals surface area (Å²) in [7, 11) is 1.63. The SMILES string of the molecule is COc1ccc(OCc2c(C(=O)NCC34CC5CC(CC(C5)C3)C4)noc2C)cc1. The summed E-state index contributed by atoms with van der Waals surface area (Å²) in [5.41, 5.74) is 1.34. The quantitative estimate of drug-likeness (QED) is 0.727. The number of nitrogens with one attached hydrogen (secondary N) is 1. The number of ether oxygens (including phenoxy) is 2. The predicted octanol–water partition coefficient (Wildman–Crippen LogP) is 4.52. The second kappa shape index (κ2) is 7.64. The number of amides is 1. The van der Waals surface area contributed by atoms with E-state index >= 15 is 0 Å². The zero-order valence-corrected chi connectivity index (χ0v) is 17.8. The minimum atomic E-state index is -0.157. The number of methoxy groups -OCH3 is 1. The summed E-state index contributed by atoms with van der Waals surface area (Å²) < 4.78 is 16.4. The first-order valence-corrected chi connectivity index (χ1v) is 11.0. The van der Waals surface area contributed by atoms with Crippen molar-refractivity contribution >= 4 is 5.91 Å². The maximum absolute atomic E-state index is 13.0. The first kappa shape index (κ1) is 19.5. The predicted molar refractivity (Wildman–Crippen MR) is 112 cm³/mol. The van der Waals surface area contributed by atoms with Crippen LogP contribution < -0.4 is 14.8 Å². The van der Waals surface area contributed by atoms with Gasteiger partial charge in [-0.1, -0.05) is 5.16 Å². The van der Waals surface area contributed by atoms with Crippen LogP contribution in [0.4, 0.5) is 0 Å². The Morgan fingerprint density at radius 2 is 1.70 bits per heavy atom. The first-order valence-electron chi connectivity index (χ1n) is 11.0. The average molecular weight is 411 g/mol. The molecule has 4 aliphatic rings. The molecular formula is C24H30N2O4. The number of hydrogen-bond donors (Lipinski definition) is 1. The largest absolute Gasteiger partial charge is 0.497 e. The smallest absolute Gasteiger partial charge is 0.273 e. The van der Waals surface area contributed by atoms with E-state index in [9.17, 15) is 4.79 Å². The molecule has 4 fully saturated rings. The summed E-state index contributed by atoms with van der Waals surface area (Å²) in [6, 6.07) is 7.37. The summed E-state index contributed by atoms with van der Waals surface area (Å²) in [5.74, 6) is 4.55. The second-order valence-corrected chi connectivity index (χ2v) is 9.63. The van der Waals surface area contributed by atoms with Crippen LogP contribution in [0.3, 0.4) is 0 Å². The van der Waals surface area contributed by atoms with Gasteiger partial charge in [-0.2, -0.15) is 0 Å². The summed E-state index contributed by atoms with van der Waals surface area (Å²) in [6.07, 6.45) is 8.02. The zero-order chi connectivity index (χ0) is 20.7. The van der Waals surface area contributed by atoms with Crippen LogP contribution >= 0.6 is 0 Å². The second-order valence-electron chi connectivity index (χ2n) is 9.63. The highest BCUT2D eigenvalue weighted by Crippen LogP contribution is 2.59. The van der Waals surface area contributed by atoms with Crippen molar-refractivity contribution in [1.82, 2.24) is 10.5 Å². The van der Waals surface area contributed by atoms with Crippen molar-refractivity contribution in [1.29, 1.82) is 0 Å². The van der Waals surface area contributed by atoms with Crippen molar-refractivity contribution in [2.24, 2.45) is 23.2 Å². The van der Waals surface area contributed by atoms with Gasteiger partial charge in [0, 0.05) is 6.54 Å². The van der Waals surface area contributed by atoms with Gasteiger partial charge in [0.25, 0.3) is 5.91 Å². The third-order valence-corrected chi connectivity index (χ3v) is 7.43. The normalized spacial score (nSPS) is 29.1. The van der Waals surface area contributed by atoms with Gasteiger partial charge < -0.3 is 19.3 Å². The van der Waals surface area contributed by atoms with Crippen LogP contribution in [0.2, 0.25) is 0 Å². The van der Waals surface area contributed by atoms with E-state index in [4.69, 9.17) is 14.0 Å². The van der Waals surface area contributed by atoms with E-state index in [0.29, 0.717) is 28.2 Å². The molecule has 30 heavy (non-hydrogen) atoms. The number of aryl methyl sites for hydroxylation is 1. The summed E-state index contributed by atoms with van der Waals surface area (Å²) in [5, 5.41) is 7.22. The molecule has 0 radical (unpaired) electrons. The molecule has 0 unspecified atom stereocenters. The van der Waals surface area contributed by atoms with E-state index in [-0.39, 0.29) is 12.5 Å². The van der Waals surface area contributed by atoms with Gasteiger partial charge in [-0.15, -0.1) is 0 Å². The lowest BCUT2D eigenvalue weighted by atomic mass is 9.49. The number of aromatic nitrogens is 1. The molecule has 0 atom stereocenters. The maximum Gasteiger partial charge on any atom is 0.273 e. The molecule has 0 aliphatic heterocycles. The number of benzene rings is 1. The molecule has 6 nitrogen and oxygen atoms in total. The number of carbonyl (C=O) groups excluding carboxylic acids is 1. The molecule has 4 bridgehead atoms. The molecular weight excluding hydrogens is 380 g/mol. The topological polar surface area (TPSA) is 73.6 Å². The molecule has 1 heterocycles. The van der Waals surface area contributed by atoms with Crippen molar-refractivity contribution in [2.45, 2.75) is 52.1 Å². The molecule has 2 aromatic rings. The Morgan fingerprint density at radius 1 is 1.10 bits per heavy atom. The molecule has 1 aromatic heterocycles. The molecule has 6 heteroatoms. The van der Waals surface area contributed by atoms with Crippen molar-refractivity contribution in [2.75, 3.05) is 13.7 Å². The van der Waals surface area contributed by atoms with E-state index in [2.05, 4.69) is 10.5 Å². The highest BCUT2D eigenvalue weighted by atomic mass is 16.5. The molecule has 6 rings (SSSR count). The van der Waals surface area contributed by atoms with E-state index in [1.54, 1.807) is 7.11 Å². The van der Waals surface area contributed by atoms with Crippen molar-refractivity contribution in [3.05, 3.63) is 41.3 Å². The molecule has 4 aliphatic carbocycles. The minimum Gasteiger partial charge on any atom is -0.497 e. The van der Waals surface area contributed by atoms with Gasteiger partial charge in [0.1, 0.15) is 23.9 Å². The third-order valence-electron chi connectivity index (χ3n) is 7.43. The Morgan fingerprint density at radius 3 is 2.30 bits per heavy atom. The fourth-order valence-corrected chi connectivity index (χ4v) is 6.42. The number of hydrogen-bond acceptors (Lipinski definition) is 5. The third kappa shape index (κ3) is 3.68. The summed E-state index contributed by atoms with van der Waals surface area (Å²) in [4.78, 5) is 13.0. The van der Waals surface area contributed by atoms with Crippen molar-refractivity contribution in [3.63, 3.8) is 0 Å². The number of carbonyl (C=O) groups is 1. The van der Waals surface area contributed by atoms with E-state index in [0.717, 1.165) is 30.0 Å². The van der Waals surface area contributed by atoms with Crippen LogP contribution in [0.1, 0.15) is 60.3 Å². The Kier molecular flexibility index (Phi) is 4.95. The van der Waals surface area contributed by atoms with Crippen LogP contribution in [-0.4, -0.2) is 24.7 Å². The van der Waals surface area contributed by atoms with Crippen LogP contribution in [0.5, 0.6) is 11.5 Å². The van der Waals surface area contributed by atoms with Gasteiger partial charge in [-0.05, 0) is 92.9 Å². The Bertz CT molecular complexity index is 883. The molecule has 0 saturated heterocycles. The minimum absolute atomic E-state index is 0.157. The molecule has 160 valence electrons. The molecule has 1 amide bonds. The van der Waals surface area contributed by atoms with Gasteiger partial charge in [0.15, 0.2) is 5.69 Å². The van der Waals surface area contributed by atoms with Crippen LogP contribution in [0, 0.1) is 30.1 Å². The lowest BCUT2D eigenvalue weighted by molar-refractivity contribution is -0.0503. The molecule has 1 N–H and O–H groups in total. The highest BCUT2D eigenvalue weighted by Gasteiger charge is 2.50. The Hall–Kier alpha value is -2.50. The molecule has 4 saturated carbocycles. The van der Waals surface area contributed by atoms with Crippen molar-refractivity contribution < 1.29 is 18.8 Å². The summed E-state index contributed by atoms with van der Waals surface area (Å²) >= 11 is 0. The van der Waals surface area contributed by atoms with Crippen LogP contribution in [0.15, 0.2) is 28.8 Å². The molecule has 0 spiro atoms. The number of nitrogens with zero attached hydrogens (tertiary/aromatic N) is 1. The average Bonchev–Trinajstić information content (AvgIpc) is 3.10. The van der Waals surface area contributed by atoms with Gasteiger partial charge in [-0.25, -0.2) is 0 Å². The van der Waals surface area contributed by atoms with E-state index in [1.165, 1.54) is 38.5 Å². The Labute approximate surface area is 177 Å². The highest BCUT2D eigenvalue weighted by molar-refractivity contribution is 5.93. The van der Waals surface area contributed by atoms with Gasteiger partial charge >= 0.3 is 0 Å². The van der Waals surface area contributed by atoms with Crippen molar-refractivity contribution in [3.8, 4) is 11.5 Å². The fourth-order valence-electron chi connectivity index (χ4n) is 6.42. The zero-order valence-electron chi connectivity index (χ0n) is 17.8. The van der Waals surface area contributed by atoms with Gasteiger partial charge in [0.2, 0.25) is 0 Å². The lowest BCUT2D eigenvalue weighted by Gasteiger charge is -2.56. The lowest BCUT2D eigenvalue weighted by Crippen LogP contribution is -2.51. The maximum atomic E-state index is 13.0. The number of rotatable bonds is 7. The fraction of sp³-hybridized carbons (Fsp3) is 0.583. The van der Waals surface area contributed by atoms with Gasteiger partial charge in [-0.3, -0.25) is 4.79 Å². The monoisotopic (exact) mass is 410 g/mol. The van der Waals surface area contributed by atoms with Crippen LogP contribution in [0.25, 0.3) is 0 Å². The Balaban J connectivity index is 1.23. The summed E-state index contributed by atoms with van der Waals surface area (Å²) in [6.45, 7) is 2.80. The van der Waals surface area contributed by atoms with Gasteiger partial charge in [0.05, 0.1) is 12.7 Å². The standard InChI is InChI=1S/C24H30N2O4/c1-15-21(13-29-20-5-3-19(28-2)4-6-20)22(26-30-15)23(27)25-14-24-10-16-7-17(11-24)9-18(8-16)12-24/h3-6,16-18H,7-14H2,1-2H3,(H,25,27). The van der Waals surface area contributed by atoms with E-state index in [1.807, 2.05) is 31.2 Å². The van der Waals surface area contributed by atoms with E-state index < -0.39 is 0 Å². The first-order chi connectivity index (χ1) is 14.5.